The minimum absolute atomic E-state index is 0. The molecule has 14 aromatic carbocycles. The van der Waals surface area contributed by atoms with Crippen LogP contribution in [0.25, 0.3) is 11.3 Å². The van der Waals surface area contributed by atoms with E-state index in [0.717, 1.165) is 11.3 Å². The zero-order valence-corrected chi connectivity index (χ0v) is 75.7. The fourth-order valence-corrected chi connectivity index (χ4v) is 20.6. The second-order valence-corrected chi connectivity index (χ2v) is 33.4. The molecule has 556 valence electrons. The minimum atomic E-state index is -1.34. The summed E-state index contributed by atoms with van der Waals surface area (Å²) in [6.45, 7) is 3.88. The van der Waals surface area contributed by atoms with E-state index in [2.05, 4.69) is 404 Å². The molecule has 0 fully saturated rings. The molecule has 16 aromatic rings. The molecule has 0 saturated heterocycles. The number of rotatable bonds is 15. The van der Waals surface area contributed by atoms with Gasteiger partial charge in [0.05, 0.1) is 5.69 Å². The fourth-order valence-electron chi connectivity index (χ4n) is 11.1. The number of carbonyl (C=O) groups excluding carboxylic acids is 1. The molecule has 0 spiro atoms. The Morgan fingerprint density at radius 2 is 0.487 bits per heavy atom. The van der Waals surface area contributed by atoms with Crippen molar-refractivity contribution in [1.29, 1.82) is 0 Å². The Labute approximate surface area is 778 Å². The van der Waals surface area contributed by atoms with Crippen LogP contribution in [-0.4, -0.2) is 33.6 Å². The van der Waals surface area contributed by atoms with E-state index < -0.39 is 38.8 Å². The van der Waals surface area contributed by atoms with Crippen LogP contribution in [0.2, 0.25) is 5.15 Å². The van der Waals surface area contributed by atoms with Crippen molar-refractivity contribution in [3.63, 3.8) is 0 Å². The third kappa shape index (κ3) is 33.5. The molecule has 0 atom stereocenters. The molecule has 7 nitrogen and oxygen atoms in total. The molecule has 2 heterocycles. The third-order valence-electron chi connectivity index (χ3n) is 16.2. The maximum atomic E-state index is 8.64. The Morgan fingerprint density at radius 3 is 0.637 bits per heavy atom. The number of aryl methyl sites for hydroxylation is 2. The Kier molecular flexibility index (Phi) is 47.0. The summed E-state index contributed by atoms with van der Waals surface area (Å²) in [6, 6.07) is 156. The SMILES string of the molecule is Cc1ccnc(-c2ccccc2)c1.Cc1ccnc(Cl)c1.O=CO[O-].OB(O)c1ccccc1.[H-].[K+].[K+].[Pd].c1ccc(P(c2ccccc2)c2ccccc2)cc1.c1ccc(P(c2ccccc2)c2ccccc2)cc1.c1ccc(P(c2ccccc2)c2ccccc2)cc1.c1ccc(P(c2ccccc2)c2ccccc2)cc1. The van der Waals surface area contributed by atoms with Gasteiger partial charge in [-0.2, -0.15) is 0 Å². The molecule has 0 saturated carbocycles. The first kappa shape index (κ1) is 94.6. The normalized spacial score (nSPS) is 9.82. The second-order valence-electron chi connectivity index (χ2n) is 24.1. The molecule has 16 heteroatoms. The zero-order valence-electron chi connectivity index (χ0n) is 64.5. The molecule has 0 unspecified atom stereocenters. The molecule has 0 aliphatic heterocycles. The van der Waals surface area contributed by atoms with Crippen LogP contribution in [0.1, 0.15) is 12.6 Å². The number of hydrogen-bond donors (Lipinski definition) is 2. The fraction of sp³-hybridized carbons (Fsp3) is 0.0206. The van der Waals surface area contributed by atoms with Gasteiger partial charge in [0.1, 0.15) is 5.15 Å². The van der Waals surface area contributed by atoms with Crippen LogP contribution in [0.5, 0.6) is 0 Å². The predicted molar refractivity (Wildman–Crippen MR) is 474 cm³/mol. The Hall–Kier alpha value is -7.26. The van der Waals surface area contributed by atoms with Crippen molar-refractivity contribution in [2.45, 2.75) is 13.8 Å². The van der Waals surface area contributed by atoms with Crippen LogP contribution in [0.3, 0.4) is 0 Å². The quantitative estimate of drug-likeness (QED) is 0.0262. The van der Waals surface area contributed by atoms with Crippen molar-refractivity contribution in [1.82, 2.24) is 9.97 Å². The molecule has 0 aliphatic rings. The van der Waals surface area contributed by atoms with Crippen molar-refractivity contribution in [2.24, 2.45) is 0 Å². The standard InChI is InChI=1S/4C18H15P.C12H11N.C6H7BO2.C6H6ClN.CH2O3.2K.Pd.H/c4*1-4-10-16(11-5-1)19(17-12-6-2-7-13-17)18-14-8-3-9-15-18;1-10-7-8-13-12(9-10)11-5-3-2-4-6-11;8-7(9)6-4-2-1-3-5-6;1-5-2-3-8-6(7)4-5;2-1-4-3;;;;/h4*1-15H;2-9H,1H3;1-5,8-9H;2-4H,1H3;1,3H;;;;/q;;;;;;;;2*+1;;-1/p-1. The average molecular weight is 1710 g/mol. The predicted octanol–water partition coefficient (Wildman–Crippen LogP) is 10.8. The summed E-state index contributed by atoms with van der Waals surface area (Å²) < 4.78 is 0. The Balaban J connectivity index is 0.000000238. The molecule has 0 amide bonds. The summed E-state index contributed by atoms with van der Waals surface area (Å²) in [5, 5.41) is 42.9. The maximum Gasteiger partial charge on any atom is 1.00 e. The molecule has 2 N–H and O–H groups in total. The molecular formula is C97H86BClK2N2O5P4Pd. The van der Waals surface area contributed by atoms with Gasteiger partial charge in [-0.15, -0.1) is 0 Å². The number of aromatic nitrogens is 2. The van der Waals surface area contributed by atoms with E-state index in [0.29, 0.717) is 10.6 Å². The van der Waals surface area contributed by atoms with Crippen LogP contribution in [0.15, 0.2) is 461 Å². The van der Waals surface area contributed by atoms with E-state index in [1.165, 1.54) is 74.8 Å². The summed E-state index contributed by atoms with van der Waals surface area (Å²) in [5.74, 6) is 0. The van der Waals surface area contributed by atoms with Crippen LogP contribution >= 0.6 is 43.3 Å². The summed E-state index contributed by atoms with van der Waals surface area (Å²) >= 11 is 5.53. The summed E-state index contributed by atoms with van der Waals surface area (Å²) in [5.41, 5.74) is 5.13. The first-order valence-corrected chi connectivity index (χ1v) is 41.4. The first-order chi connectivity index (χ1) is 54.2. The average Bonchev–Trinajstić information content (AvgIpc) is 0.836. The number of pyridine rings is 2. The largest absolute Gasteiger partial charge is 1.00 e. The van der Waals surface area contributed by atoms with Crippen LogP contribution < -0.4 is 177 Å². The Bertz CT molecular complexity index is 4240. The van der Waals surface area contributed by atoms with Crippen molar-refractivity contribution in [3.8, 4) is 11.3 Å². The van der Waals surface area contributed by atoms with Gasteiger partial charge < -0.3 is 21.6 Å². The molecule has 0 radical (unpaired) electrons. The van der Waals surface area contributed by atoms with E-state index in [4.69, 9.17) is 31.7 Å². The van der Waals surface area contributed by atoms with E-state index in [1.807, 2.05) is 55.6 Å². The maximum absolute atomic E-state index is 8.64. The number of benzene rings is 14. The monoisotopic (exact) mass is 1710 g/mol. The first-order valence-electron chi connectivity index (χ1n) is 35.7. The minimum Gasteiger partial charge on any atom is -1.00 e. The van der Waals surface area contributed by atoms with Crippen LogP contribution in [0, 0.1) is 13.8 Å². The number of nitrogens with zero attached hydrogens (tertiary/aromatic N) is 2. The molecular weight excluding hydrogens is 1630 g/mol. The van der Waals surface area contributed by atoms with Gasteiger partial charge in [-0.1, -0.05) is 436 Å². The summed E-state index contributed by atoms with van der Waals surface area (Å²) in [4.78, 5) is 19.4. The van der Waals surface area contributed by atoms with Gasteiger partial charge in [0.15, 0.2) is 0 Å². The summed E-state index contributed by atoms with van der Waals surface area (Å²) in [6.07, 6.45) is 3.54. The molecule has 0 bridgehead atoms. The zero-order chi connectivity index (χ0) is 76.8. The molecule has 0 aliphatic carbocycles. The third-order valence-corrected chi connectivity index (χ3v) is 26.2. The van der Waals surface area contributed by atoms with Gasteiger partial charge in [-0.25, -0.2) is 4.98 Å². The topological polar surface area (TPSA) is 116 Å². The van der Waals surface area contributed by atoms with Crippen molar-refractivity contribution in [3.05, 3.63) is 478 Å². The van der Waals surface area contributed by atoms with Gasteiger partial charge in [0, 0.05) is 38.4 Å². The van der Waals surface area contributed by atoms with E-state index in [1.54, 1.807) is 30.5 Å². The van der Waals surface area contributed by atoms with Crippen LogP contribution in [0.4, 0.5) is 0 Å². The van der Waals surface area contributed by atoms with E-state index >= 15 is 0 Å². The second kappa shape index (κ2) is 56.1. The number of halogens is 1. The van der Waals surface area contributed by atoms with E-state index in [-0.39, 0.29) is 131 Å². The molecule has 2 aromatic heterocycles. The van der Waals surface area contributed by atoms with Crippen molar-refractivity contribution >= 4 is 126 Å². The Morgan fingerprint density at radius 1 is 0.310 bits per heavy atom. The molecule has 113 heavy (non-hydrogen) atoms. The van der Waals surface area contributed by atoms with Gasteiger partial charge >= 0.3 is 110 Å². The number of hydrogen-bond acceptors (Lipinski definition) is 7. The van der Waals surface area contributed by atoms with Crippen molar-refractivity contribution in [2.75, 3.05) is 0 Å². The van der Waals surface area contributed by atoms with Crippen LogP contribution in [-0.2, 0) is 30.1 Å². The molecule has 16 rings (SSSR count). The van der Waals surface area contributed by atoms with Gasteiger partial charge in [0.25, 0.3) is 6.47 Å². The number of carbonyl (C=O) groups is 1. The van der Waals surface area contributed by atoms with Crippen molar-refractivity contribution < 1.29 is 150 Å². The smallest absolute Gasteiger partial charge is 1.00 e. The summed E-state index contributed by atoms with van der Waals surface area (Å²) in [7, 11) is -3.13. The van der Waals surface area contributed by atoms with Gasteiger partial charge in [0.2, 0.25) is 0 Å². The van der Waals surface area contributed by atoms with Gasteiger partial charge in [-0.3, -0.25) is 9.78 Å². The van der Waals surface area contributed by atoms with E-state index in [9.17, 15) is 0 Å². The van der Waals surface area contributed by atoms with Gasteiger partial charge in [-0.05, 0) is 150 Å².